The summed E-state index contributed by atoms with van der Waals surface area (Å²) in [6.45, 7) is 0.386. The maximum Gasteiger partial charge on any atom is 0.540 e. The molecule has 2 rings (SSSR count). The van der Waals surface area contributed by atoms with Crippen LogP contribution in [0.2, 0.25) is 0 Å². The molecule has 0 N–H and O–H groups in total. The highest BCUT2D eigenvalue weighted by Gasteiger charge is 2.31. The maximum absolute atomic E-state index is 12.7. The highest BCUT2D eigenvalue weighted by atomic mass is 32.4. The molecule has 0 aromatic heterocycles. The number of azide groups is 1. The summed E-state index contributed by atoms with van der Waals surface area (Å²) in [7, 11) is -1.38. The van der Waals surface area contributed by atoms with E-state index in [1.54, 1.807) is 59.3 Å². The molecule has 0 aliphatic heterocycles. The van der Waals surface area contributed by atoms with Crippen LogP contribution in [0.25, 0.3) is 10.4 Å². The first-order valence-electron chi connectivity index (χ1n) is 11.6. The zero-order valence-electron chi connectivity index (χ0n) is 22.7. The lowest BCUT2D eigenvalue weighted by atomic mass is 10.1. The van der Waals surface area contributed by atoms with E-state index in [0.29, 0.717) is 24.5 Å². The first-order chi connectivity index (χ1) is 19.1. The Balaban J connectivity index is 1.97. The van der Waals surface area contributed by atoms with Gasteiger partial charge < -0.3 is 22.9 Å². The van der Waals surface area contributed by atoms with Gasteiger partial charge in [-0.3, -0.25) is 18.6 Å². The van der Waals surface area contributed by atoms with Gasteiger partial charge in [0.25, 0.3) is 0 Å². The number of nitrogens with zero attached hydrogens (tertiary/aromatic N) is 6. The van der Waals surface area contributed by atoms with Crippen molar-refractivity contribution in [2.24, 2.45) is 10.4 Å². The second kappa shape index (κ2) is 16.8. The van der Waals surface area contributed by atoms with Gasteiger partial charge in [-0.25, -0.2) is 0 Å². The molecule has 0 aliphatic rings. The third-order valence-corrected chi connectivity index (χ3v) is 10.9. The van der Waals surface area contributed by atoms with Crippen molar-refractivity contribution in [1.82, 2.24) is 9.68 Å². The molecule has 0 saturated heterocycles. The molecular weight excluding hydrogens is 601 g/mol. The minimum absolute atomic E-state index is 0.0847. The monoisotopic (exact) mass is 633 g/mol. The molecule has 40 heavy (non-hydrogen) atoms. The van der Waals surface area contributed by atoms with Gasteiger partial charge in [-0.1, -0.05) is 16.9 Å². The Bertz CT molecular complexity index is 1230. The first-order valence-corrected chi connectivity index (χ1v) is 17.2. The normalized spacial score (nSPS) is 12.3. The molecule has 0 amide bonds. The SMILES string of the molecule is COP(=O)(CN(CCc1ccc(O[P+](=S)N(C)/N=C\c2ccc(ON=[N+]=[N-])cc2)cc1)CP(=O)(OC)OC)OC. The van der Waals surface area contributed by atoms with E-state index in [2.05, 4.69) is 15.3 Å². The lowest BCUT2D eigenvalue weighted by molar-refractivity contribution is 0.224. The van der Waals surface area contributed by atoms with Crippen molar-refractivity contribution < 1.29 is 36.6 Å². The Kier molecular flexibility index (Phi) is 14.2. The van der Waals surface area contributed by atoms with Gasteiger partial charge >= 0.3 is 22.3 Å². The van der Waals surface area contributed by atoms with Crippen LogP contribution < -0.4 is 9.36 Å². The van der Waals surface area contributed by atoms with Gasteiger partial charge in [-0.2, -0.15) is 0 Å². The minimum Gasteiger partial charge on any atom is -0.394 e. The Hall–Kier alpha value is -2.40. The number of benzene rings is 2. The van der Waals surface area contributed by atoms with Crippen LogP contribution in [0.4, 0.5) is 0 Å². The molecule has 2 aromatic carbocycles. The van der Waals surface area contributed by atoms with Crippen molar-refractivity contribution in [2.75, 3.05) is 54.6 Å². The quantitative estimate of drug-likeness (QED) is 0.0464. The molecular formula is C22H32N6O8P3S+. The van der Waals surface area contributed by atoms with E-state index in [4.69, 9.17) is 44.8 Å². The number of rotatable bonds is 18. The van der Waals surface area contributed by atoms with Gasteiger partial charge in [0.05, 0.1) is 13.3 Å². The molecule has 0 heterocycles. The fourth-order valence-electron chi connectivity index (χ4n) is 3.08. The van der Waals surface area contributed by atoms with Crippen LogP contribution in [-0.4, -0.2) is 70.5 Å². The molecule has 218 valence electrons. The fourth-order valence-corrected chi connectivity index (χ4v) is 6.40. The van der Waals surface area contributed by atoms with Crippen LogP contribution in [0.15, 0.2) is 58.9 Å². The van der Waals surface area contributed by atoms with Crippen molar-refractivity contribution in [2.45, 2.75) is 6.42 Å². The predicted molar refractivity (Wildman–Crippen MR) is 156 cm³/mol. The largest absolute Gasteiger partial charge is 0.540 e. The Labute approximate surface area is 239 Å². The van der Waals surface area contributed by atoms with E-state index in [9.17, 15) is 9.13 Å². The lowest BCUT2D eigenvalue weighted by Crippen LogP contribution is -2.29. The Morgan fingerprint density at radius 2 is 1.45 bits per heavy atom. The zero-order valence-corrected chi connectivity index (χ0v) is 26.2. The minimum atomic E-state index is -3.40. The standard InChI is InChI=1S/C22H32N6O8P3S/c1-27(24-16-20-8-10-21(11-9-20)35-26-25-23)37(40)36-22-12-6-19(7-13-22)14-15-28(17-38(29,31-2)32-3)18-39(30,33-4)34-5/h6-13,16H,14-15,17-18H2,1-5H3/q+1/b24-16-. The fraction of sp³-hybridized carbons (Fsp3) is 0.409. The summed E-state index contributed by atoms with van der Waals surface area (Å²) < 4.78 is 53.0. The summed E-state index contributed by atoms with van der Waals surface area (Å²) in [6.07, 6.45) is 1.99. The van der Waals surface area contributed by atoms with Crippen molar-refractivity contribution in [3.05, 3.63) is 70.1 Å². The van der Waals surface area contributed by atoms with E-state index in [-0.39, 0.29) is 12.6 Å². The summed E-state index contributed by atoms with van der Waals surface area (Å²) >= 11 is 5.47. The summed E-state index contributed by atoms with van der Waals surface area (Å²) in [4.78, 5) is 9.01. The molecule has 0 spiro atoms. The zero-order chi connectivity index (χ0) is 29.6. The summed E-state index contributed by atoms with van der Waals surface area (Å²) in [5, 5.41) is 7.37. The smallest absolute Gasteiger partial charge is 0.394 e. The summed E-state index contributed by atoms with van der Waals surface area (Å²) in [6, 6.07) is 14.1. The van der Waals surface area contributed by atoms with Gasteiger partial charge in [0.1, 0.15) is 23.6 Å². The van der Waals surface area contributed by atoms with E-state index in [1.165, 1.54) is 28.4 Å². The Morgan fingerprint density at radius 1 is 0.925 bits per heavy atom. The lowest BCUT2D eigenvalue weighted by Gasteiger charge is -2.27. The molecule has 1 unspecified atom stereocenters. The molecule has 0 bridgehead atoms. The number of hydrazone groups is 1. The van der Waals surface area contributed by atoms with Gasteiger partial charge in [0.2, 0.25) is 11.8 Å². The van der Waals surface area contributed by atoms with Crippen molar-refractivity contribution in [3.63, 3.8) is 0 Å². The van der Waals surface area contributed by atoms with Gasteiger partial charge in [0, 0.05) is 39.9 Å². The third-order valence-electron chi connectivity index (χ3n) is 5.36. The predicted octanol–water partition coefficient (Wildman–Crippen LogP) is 6.14. The molecule has 1 atom stereocenters. The average Bonchev–Trinajstić information content (AvgIpc) is 2.98. The first kappa shape index (κ1) is 33.8. The van der Waals surface area contributed by atoms with Crippen molar-refractivity contribution in [3.8, 4) is 11.5 Å². The van der Waals surface area contributed by atoms with Gasteiger partial charge in [-0.15, -0.1) is 5.10 Å². The van der Waals surface area contributed by atoms with Crippen LogP contribution in [-0.2, 0) is 45.5 Å². The molecule has 2 aromatic rings. The van der Waals surface area contributed by atoms with E-state index >= 15 is 0 Å². The highest BCUT2D eigenvalue weighted by molar-refractivity contribution is 8.02. The maximum atomic E-state index is 12.7. The second-order valence-corrected chi connectivity index (χ2v) is 14.6. The molecule has 14 nitrogen and oxygen atoms in total. The highest BCUT2D eigenvalue weighted by Crippen LogP contribution is 2.51. The summed E-state index contributed by atoms with van der Waals surface area (Å²) in [5.74, 6) is 0.984. The molecule has 18 heteroatoms. The van der Waals surface area contributed by atoms with E-state index < -0.39 is 22.3 Å². The van der Waals surface area contributed by atoms with E-state index in [1.807, 2.05) is 12.1 Å². The van der Waals surface area contributed by atoms with E-state index in [0.717, 1.165) is 11.1 Å². The van der Waals surface area contributed by atoms with Gasteiger partial charge in [-0.05, 0) is 59.5 Å². The van der Waals surface area contributed by atoms with Crippen molar-refractivity contribution in [1.29, 1.82) is 0 Å². The second-order valence-electron chi connectivity index (χ2n) is 7.92. The van der Waals surface area contributed by atoms with Crippen LogP contribution >= 0.6 is 22.3 Å². The van der Waals surface area contributed by atoms with Crippen LogP contribution in [0.1, 0.15) is 11.1 Å². The Morgan fingerprint density at radius 3 is 1.95 bits per heavy atom. The molecule has 0 saturated carbocycles. The molecule has 0 fully saturated rings. The third kappa shape index (κ3) is 11.2. The summed E-state index contributed by atoms with van der Waals surface area (Å²) in [5.41, 5.74) is 10.0. The average molecular weight is 634 g/mol. The number of hydrogen-bond acceptors (Lipinski definition) is 12. The topological polar surface area (TPSA) is 157 Å². The molecule has 0 radical (unpaired) electrons. The van der Waals surface area contributed by atoms with Crippen LogP contribution in [0.3, 0.4) is 0 Å². The van der Waals surface area contributed by atoms with Crippen molar-refractivity contribution >= 4 is 40.3 Å². The van der Waals surface area contributed by atoms with Gasteiger partial charge in [0.15, 0.2) is 5.75 Å². The molecule has 0 aliphatic carbocycles. The van der Waals surface area contributed by atoms with Crippen LogP contribution in [0, 0.1) is 0 Å². The number of hydrogen-bond donors (Lipinski definition) is 0. The van der Waals surface area contributed by atoms with Crippen LogP contribution in [0.5, 0.6) is 11.5 Å².